The zero-order valence-corrected chi connectivity index (χ0v) is 24.9. The summed E-state index contributed by atoms with van der Waals surface area (Å²) in [4.78, 5) is 13.6. The Morgan fingerprint density at radius 2 is 1.39 bits per heavy atom. The number of ether oxygens (including phenoxy) is 1. The van der Waals surface area contributed by atoms with Crippen molar-refractivity contribution in [2.24, 2.45) is 0 Å². The third kappa shape index (κ3) is 4.62. The van der Waals surface area contributed by atoms with E-state index in [1.807, 2.05) is 50.2 Å². The first-order valence-corrected chi connectivity index (χ1v) is 16.5. The molecule has 0 N–H and O–H groups in total. The number of nitrogens with zero attached hydrogens (tertiary/aromatic N) is 1. The first-order valence-electron chi connectivity index (χ1n) is 13.0. The van der Waals surface area contributed by atoms with Crippen LogP contribution in [0.3, 0.4) is 0 Å². The second-order valence-electron chi connectivity index (χ2n) is 10.9. The molecule has 0 spiro atoms. The summed E-state index contributed by atoms with van der Waals surface area (Å²) in [6.07, 6.45) is 0.295. The van der Waals surface area contributed by atoms with Crippen molar-refractivity contribution in [3.63, 3.8) is 0 Å². The standard InChI is InChI=1S/C31H37NO4SSi/c1-7-36-30(33)28-22-29(24(3)32(28)37(34,35)25-20-18-23(2)19-21-25)38(31(4,5)6,26-14-10-8-11-15-26)27-16-12-9-13-17-27/h8-21,28H,7,22H2,1-6H3/t28-/m0/s1. The number of carbonyl (C=O) groups excluding carboxylic acids is 1. The smallest absolute Gasteiger partial charge is 0.330 e. The number of esters is 1. The molecule has 1 atom stereocenters. The number of hydrogen-bond acceptors (Lipinski definition) is 4. The van der Waals surface area contributed by atoms with Crippen molar-refractivity contribution in [1.29, 1.82) is 0 Å². The molecule has 0 unspecified atom stereocenters. The lowest BCUT2D eigenvalue weighted by atomic mass is 10.2. The van der Waals surface area contributed by atoms with Crippen molar-refractivity contribution in [2.75, 3.05) is 6.61 Å². The molecule has 0 aromatic heterocycles. The second-order valence-corrected chi connectivity index (χ2v) is 17.5. The molecule has 3 aromatic rings. The lowest BCUT2D eigenvalue weighted by molar-refractivity contribution is -0.146. The van der Waals surface area contributed by atoms with Crippen molar-refractivity contribution in [3.8, 4) is 0 Å². The van der Waals surface area contributed by atoms with Crippen molar-refractivity contribution < 1.29 is 17.9 Å². The van der Waals surface area contributed by atoms with E-state index < -0.39 is 30.1 Å². The van der Waals surface area contributed by atoms with Crippen LogP contribution in [0.2, 0.25) is 5.04 Å². The molecule has 1 heterocycles. The van der Waals surface area contributed by atoms with Gasteiger partial charge in [-0.15, -0.1) is 0 Å². The fourth-order valence-corrected chi connectivity index (χ4v) is 14.0. The highest BCUT2D eigenvalue weighted by atomic mass is 32.2. The summed E-state index contributed by atoms with van der Waals surface area (Å²) in [6.45, 7) is 12.4. The van der Waals surface area contributed by atoms with Gasteiger partial charge in [0.25, 0.3) is 10.0 Å². The maximum Gasteiger partial charge on any atom is 0.330 e. The van der Waals surface area contributed by atoms with Gasteiger partial charge in [-0.1, -0.05) is 99.1 Å². The van der Waals surface area contributed by atoms with E-state index in [2.05, 4.69) is 45.0 Å². The topological polar surface area (TPSA) is 63.7 Å². The first-order chi connectivity index (χ1) is 18.0. The minimum Gasteiger partial charge on any atom is -0.464 e. The number of benzene rings is 3. The Bertz CT molecular complexity index is 1390. The summed E-state index contributed by atoms with van der Waals surface area (Å²) >= 11 is 0. The molecule has 0 amide bonds. The molecule has 0 saturated carbocycles. The van der Waals surface area contributed by atoms with Crippen LogP contribution in [0, 0.1) is 6.92 Å². The summed E-state index contributed by atoms with van der Waals surface area (Å²) in [6, 6.07) is 26.6. The molecule has 0 radical (unpaired) electrons. The number of aryl methyl sites for hydroxylation is 1. The Balaban J connectivity index is 2.06. The molecule has 0 bridgehead atoms. The Hall–Kier alpha value is -3.16. The van der Waals surface area contributed by atoms with Crippen LogP contribution in [-0.4, -0.2) is 39.4 Å². The van der Waals surface area contributed by atoms with Gasteiger partial charge in [0.15, 0.2) is 8.07 Å². The Morgan fingerprint density at radius 1 is 0.895 bits per heavy atom. The maximum atomic E-state index is 14.2. The van der Waals surface area contributed by atoms with Crippen LogP contribution in [0.4, 0.5) is 0 Å². The van der Waals surface area contributed by atoms with Crippen LogP contribution in [0.25, 0.3) is 0 Å². The third-order valence-corrected chi connectivity index (χ3v) is 15.6. The number of rotatable bonds is 7. The van der Waals surface area contributed by atoms with Crippen LogP contribution in [0.5, 0.6) is 0 Å². The van der Waals surface area contributed by atoms with Gasteiger partial charge in [-0.25, -0.2) is 13.2 Å². The molecular formula is C31H37NO4SSi. The SMILES string of the molecule is CCOC(=O)[C@@H]1CC([Si](c2ccccc2)(c2ccccc2)C(C)(C)C)=C(C)N1S(=O)(=O)c1ccc(C)cc1. The molecule has 5 nitrogen and oxygen atoms in total. The van der Waals surface area contributed by atoms with E-state index in [4.69, 9.17) is 4.74 Å². The second kappa shape index (κ2) is 10.5. The van der Waals surface area contributed by atoms with Gasteiger partial charge in [-0.3, -0.25) is 4.31 Å². The quantitative estimate of drug-likeness (QED) is 0.301. The van der Waals surface area contributed by atoms with E-state index in [0.29, 0.717) is 12.1 Å². The van der Waals surface area contributed by atoms with Crippen molar-refractivity contribution in [2.45, 2.75) is 63.9 Å². The molecule has 0 aliphatic carbocycles. The largest absolute Gasteiger partial charge is 0.464 e. The lowest BCUT2D eigenvalue weighted by Gasteiger charge is -2.45. The third-order valence-electron chi connectivity index (χ3n) is 7.58. The van der Waals surface area contributed by atoms with Gasteiger partial charge in [-0.2, -0.15) is 0 Å². The fourth-order valence-electron chi connectivity index (χ4n) is 6.01. The van der Waals surface area contributed by atoms with Crippen molar-refractivity contribution in [3.05, 3.63) is 101 Å². The zero-order valence-electron chi connectivity index (χ0n) is 23.1. The number of hydrogen-bond donors (Lipinski definition) is 0. The van der Waals surface area contributed by atoms with E-state index in [1.54, 1.807) is 31.2 Å². The van der Waals surface area contributed by atoms with Gasteiger partial charge in [0.05, 0.1) is 11.5 Å². The maximum absolute atomic E-state index is 14.2. The number of allylic oxidation sites excluding steroid dienone is 1. The molecule has 0 fully saturated rings. The predicted octanol–water partition coefficient (Wildman–Crippen LogP) is 5.20. The number of sulfonamides is 1. The summed E-state index contributed by atoms with van der Waals surface area (Å²) in [5, 5.41) is 3.17. The van der Waals surface area contributed by atoms with Gasteiger partial charge in [0, 0.05) is 5.70 Å². The van der Waals surface area contributed by atoms with Gasteiger partial charge < -0.3 is 4.74 Å². The van der Waals surface area contributed by atoms with Crippen LogP contribution >= 0.6 is 0 Å². The molecule has 7 heteroatoms. The van der Waals surface area contributed by atoms with Gasteiger partial charge in [0.1, 0.15) is 6.04 Å². The summed E-state index contributed by atoms with van der Waals surface area (Å²) in [5.41, 5.74) is 1.59. The Morgan fingerprint density at radius 3 is 1.84 bits per heavy atom. The average Bonchev–Trinajstić information content (AvgIpc) is 3.23. The van der Waals surface area contributed by atoms with Crippen molar-refractivity contribution >= 4 is 34.4 Å². The molecule has 1 aliphatic rings. The number of carbonyl (C=O) groups is 1. The van der Waals surface area contributed by atoms with E-state index in [-0.39, 0.29) is 16.5 Å². The summed E-state index contributed by atoms with van der Waals surface area (Å²) in [7, 11) is -6.88. The van der Waals surface area contributed by atoms with Crippen LogP contribution < -0.4 is 10.4 Å². The first kappa shape index (κ1) is 27.9. The van der Waals surface area contributed by atoms with Gasteiger partial charge in [0.2, 0.25) is 0 Å². The summed E-state index contributed by atoms with van der Waals surface area (Å²) < 4.78 is 35.1. The minimum atomic E-state index is -4.02. The molecular weight excluding hydrogens is 510 g/mol. The van der Waals surface area contributed by atoms with Gasteiger partial charge in [-0.05, 0) is 59.9 Å². The highest BCUT2D eigenvalue weighted by Crippen LogP contribution is 2.47. The van der Waals surface area contributed by atoms with E-state index in [9.17, 15) is 13.2 Å². The zero-order chi connectivity index (χ0) is 27.7. The van der Waals surface area contributed by atoms with Gasteiger partial charge >= 0.3 is 5.97 Å². The summed E-state index contributed by atoms with van der Waals surface area (Å²) in [5.74, 6) is -0.518. The highest BCUT2D eigenvalue weighted by Gasteiger charge is 2.56. The van der Waals surface area contributed by atoms with Crippen molar-refractivity contribution in [1.82, 2.24) is 4.31 Å². The van der Waals surface area contributed by atoms with E-state index in [1.165, 1.54) is 14.7 Å². The molecule has 200 valence electrons. The molecule has 38 heavy (non-hydrogen) atoms. The van der Waals surface area contributed by atoms with E-state index >= 15 is 0 Å². The predicted molar refractivity (Wildman–Crippen MR) is 156 cm³/mol. The Kier molecular flexibility index (Phi) is 7.73. The highest BCUT2D eigenvalue weighted by molar-refractivity contribution is 7.89. The molecule has 3 aromatic carbocycles. The van der Waals surface area contributed by atoms with Crippen LogP contribution in [0.15, 0.2) is 101 Å². The monoisotopic (exact) mass is 547 g/mol. The Labute approximate surface area is 228 Å². The molecule has 4 rings (SSSR count). The van der Waals surface area contributed by atoms with E-state index in [0.717, 1.165) is 10.8 Å². The average molecular weight is 548 g/mol. The lowest BCUT2D eigenvalue weighted by Crippen LogP contribution is -2.66. The minimum absolute atomic E-state index is 0.167. The fraction of sp³-hybridized carbons (Fsp3) is 0.323. The molecule has 1 aliphatic heterocycles. The normalized spacial score (nSPS) is 16.6. The van der Waals surface area contributed by atoms with Crippen LogP contribution in [-0.2, 0) is 19.6 Å². The molecule has 0 saturated heterocycles. The van der Waals surface area contributed by atoms with Crippen LogP contribution in [0.1, 0.15) is 46.6 Å².